The van der Waals surface area contributed by atoms with Gasteiger partial charge in [0.05, 0.1) is 0 Å². The number of hydrazine groups is 1. The number of nitrogens with one attached hydrogen (secondary N) is 2. The summed E-state index contributed by atoms with van der Waals surface area (Å²) in [5.74, 6) is -0.869. The van der Waals surface area contributed by atoms with Crippen LogP contribution in [0.4, 0.5) is 4.39 Å². The van der Waals surface area contributed by atoms with E-state index in [0.717, 1.165) is 5.41 Å². The molecule has 132 valence electrons. The van der Waals surface area contributed by atoms with E-state index in [-0.39, 0.29) is 5.75 Å². The highest BCUT2D eigenvalue weighted by atomic mass is 35.5. The number of sulfonamides is 1. The fourth-order valence-electron chi connectivity index (χ4n) is 1.62. The van der Waals surface area contributed by atoms with Crippen LogP contribution in [-0.4, -0.2) is 20.9 Å². The number of benzene rings is 2. The summed E-state index contributed by atoms with van der Waals surface area (Å²) in [5, 5.41) is 1.43. The van der Waals surface area contributed by atoms with E-state index in [9.17, 15) is 17.6 Å². The van der Waals surface area contributed by atoms with Gasteiger partial charge < -0.3 is 4.74 Å². The van der Waals surface area contributed by atoms with Gasteiger partial charge in [-0.25, -0.2) is 12.8 Å². The van der Waals surface area contributed by atoms with Gasteiger partial charge in [0, 0.05) is 10.4 Å². The summed E-state index contributed by atoms with van der Waals surface area (Å²) in [5.41, 5.74) is 2.63. The van der Waals surface area contributed by atoms with Crippen LogP contribution in [-0.2, 0) is 14.8 Å². The van der Waals surface area contributed by atoms with Gasteiger partial charge in [-0.05, 0) is 48.0 Å². The van der Waals surface area contributed by atoms with Crippen molar-refractivity contribution in [3.8, 4) is 5.75 Å². The summed E-state index contributed by atoms with van der Waals surface area (Å²) < 4.78 is 41.3. The average molecular weight is 385 g/mol. The molecular weight excluding hydrogens is 371 g/mol. The van der Waals surface area contributed by atoms with Gasteiger partial charge in [0.2, 0.25) is 0 Å². The first-order valence-electron chi connectivity index (χ1n) is 6.97. The van der Waals surface area contributed by atoms with E-state index >= 15 is 0 Å². The molecule has 0 radical (unpaired) electrons. The van der Waals surface area contributed by atoms with E-state index < -0.39 is 28.4 Å². The Morgan fingerprint density at radius 3 is 2.40 bits per heavy atom. The van der Waals surface area contributed by atoms with Gasteiger partial charge in [-0.2, -0.15) is 0 Å². The van der Waals surface area contributed by atoms with Crippen LogP contribution in [0.25, 0.3) is 6.08 Å². The number of rotatable bonds is 7. The molecule has 0 fully saturated rings. The minimum atomic E-state index is -3.87. The summed E-state index contributed by atoms with van der Waals surface area (Å²) in [4.78, 5) is 13.5. The molecule has 0 aliphatic rings. The molecular formula is C16H14ClFN2O4S. The molecule has 2 aromatic carbocycles. The van der Waals surface area contributed by atoms with Crippen molar-refractivity contribution < 1.29 is 22.3 Å². The van der Waals surface area contributed by atoms with E-state index in [4.69, 9.17) is 16.3 Å². The first-order valence-corrected chi connectivity index (χ1v) is 8.89. The van der Waals surface area contributed by atoms with Crippen LogP contribution in [0.15, 0.2) is 53.9 Å². The zero-order chi connectivity index (χ0) is 18.3. The quantitative estimate of drug-likeness (QED) is 0.718. The summed E-state index contributed by atoms with van der Waals surface area (Å²) in [6.45, 7) is -0.435. The van der Waals surface area contributed by atoms with Crippen molar-refractivity contribution in [1.29, 1.82) is 0 Å². The summed E-state index contributed by atoms with van der Waals surface area (Å²) in [6, 6.07) is 11.6. The molecule has 0 atom stereocenters. The van der Waals surface area contributed by atoms with Crippen molar-refractivity contribution >= 4 is 33.6 Å². The molecule has 9 heteroatoms. The first kappa shape index (κ1) is 18.9. The number of hydrogen-bond acceptors (Lipinski definition) is 4. The highest BCUT2D eigenvalue weighted by Crippen LogP contribution is 2.11. The number of ether oxygens (including phenoxy) is 1. The fourth-order valence-corrected chi connectivity index (χ4v) is 2.41. The van der Waals surface area contributed by atoms with Crippen LogP contribution in [0.2, 0.25) is 5.02 Å². The lowest BCUT2D eigenvalue weighted by Crippen LogP contribution is -2.42. The minimum Gasteiger partial charge on any atom is -0.484 e. The third kappa shape index (κ3) is 6.92. The topological polar surface area (TPSA) is 84.5 Å². The maximum atomic E-state index is 12.7. The Hall–Kier alpha value is -2.42. The molecule has 2 rings (SSSR count). The van der Waals surface area contributed by atoms with E-state index in [1.807, 2.05) is 10.3 Å². The van der Waals surface area contributed by atoms with Gasteiger partial charge in [-0.3, -0.25) is 10.2 Å². The highest BCUT2D eigenvalue weighted by molar-refractivity contribution is 7.92. The van der Waals surface area contributed by atoms with Gasteiger partial charge in [-0.15, -0.1) is 4.83 Å². The molecule has 0 saturated heterocycles. The largest absolute Gasteiger partial charge is 0.484 e. The third-order valence-electron chi connectivity index (χ3n) is 2.83. The lowest BCUT2D eigenvalue weighted by atomic mass is 10.2. The fraction of sp³-hybridized carbons (Fsp3) is 0.0625. The molecule has 0 aliphatic heterocycles. The van der Waals surface area contributed by atoms with Crippen LogP contribution in [0, 0.1) is 5.82 Å². The number of carbonyl (C=O) groups excluding carboxylic acids is 1. The number of halogens is 2. The molecule has 2 aromatic rings. The van der Waals surface area contributed by atoms with Crippen LogP contribution in [0.1, 0.15) is 5.56 Å². The number of amides is 1. The highest BCUT2D eigenvalue weighted by Gasteiger charge is 2.08. The van der Waals surface area contributed by atoms with Gasteiger partial charge in [0.15, 0.2) is 6.61 Å². The lowest BCUT2D eigenvalue weighted by molar-refractivity contribution is -0.123. The van der Waals surface area contributed by atoms with Crippen molar-refractivity contribution in [1.82, 2.24) is 10.3 Å². The van der Waals surface area contributed by atoms with Gasteiger partial charge in [-0.1, -0.05) is 23.7 Å². The molecule has 0 unspecified atom stereocenters. The zero-order valence-electron chi connectivity index (χ0n) is 12.8. The Morgan fingerprint density at radius 1 is 1.12 bits per heavy atom. The second kappa shape index (κ2) is 8.61. The molecule has 0 bridgehead atoms. The van der Waals surface area contributed by atoms with Crippen LogP contribution in [0.3, 0.4) is 0 Å². The van der Waals surface area contributed by atoms with E-state index in [0.29, 0.717) is 10.6 Å². The first-order chi connectivity index (χ1) is 11.8. The Balaban J connectivity index is 1.81. The molecule has 6 nitrogen and oxygen atoms in total. The number of hydrogen-bond donors (Lipinski definition) is 2. The standard InChI is InChI=1S/C16H14ClFN2O4S/c17-13-3-1-12(2-4-13)9-10-25(22,23)20-19-16(21)11-24-15-7-5-14(18)6-8-15/h1-10,20H,11H2,(H,19,21)/b10-9+. The van der Waals surface area contributed by atoms with E-state index in [1.165, 1.54) is 30.3 Å². The van der Waals surface area contributed by atoms with Gasteiger partial charge >= 0.3 is 0 Å². The van der Waals surface area contributed by atoms with Crippen molar-refractivity contribution in [2.75, 3.05) is 6.61 Å². The van der Waals surface area contributed by atoms with Crippen molar-refractivity contribution in [2.24, 2.45) is 0 Å². The summed E-state index contributed by atoms with van der Waals surface area (Å²) in [6.07, 6.45) is 1.35. The van der Waals surface area contributed by atoms with Crippen molar-refractivity contribution in [3.63, 3.8) is 0 Å². The molecule has 25 heavy (non-hydrogen) atoms. The Kier molecular flexibility index (Phi) is 6.51. The third-order valence-corrected chi connectivity index (χ3v) is 3.96. The number of carbonyl (C=O) groups is 1. The van der Waals surface area contributed by atoms with Crippen molar-refractivity contribution in [2.45, 2.75) is 0 Å². The van der Waals surface area contributed by atoms with Crippen LogP contribution >= 0.6 is 11.6 Å². The smallest absolute Gasteiger partial charge is 0.272 e. The monoisotopic (exact) mass is 384 g/mol. The molecule has 1 amide bonds. The predicted octanol–water partition coefficient (Wildman–Crippen LogP) is 2.48. The normalized spacial score (nSPS) is 11.4. The Morgan fingerprint density at radius 2 is 1.76 bits per heavy atom. The Bertz CT molecular complexity index is 853. The molecule has 0 heterocycles. The second-order valence-electron chi connectivity index (χ2n) is 4.79. The lowest BCUT2D eigenvalue weighted by Gasteiger charge is -2.07. The van der Waals surface area contributed by atoms with Gasteiger partial charge in [0.25, 0.3) is 15.9 Å². The molecule has 0 aromatic heterocycles. The average Bonchev–Trinajstić information content (AvgIpc) is 2.59. The van der Waals surface area contributed by atoms with E-state index in [2.05, 4.69) is 0 Å². The maximum Gasteiger partial charge on any atom is 0.272 e. The van der Waals surface area contributed by atoms with E-state index in [1.54, 1.807) is 24.3 Å². The molecule has 0 spiro atoms. The molecule has 0 saturated carbocycles. The SMILES string of the molecule is O=C(COc1ccc(F)cc1)NNS(=O)(=O)/C=C/c1ccc(Cl)cc1. The molecule has 2 N–H and O–H groups in total. The van der Waals surface area contributed by atoms with Crippen LogP contribution < -0.4 is 15.0 Å². The van der Waals surface area contributed by atoms with Gasteiger partial charge in [0.1, 0.15) is 11.6 Å². The zero-order valence-corrected chi connectivity index (χ0v) is 14.4. The Labute approximate surface area is 149 Å². The second-order valence-corrected chi connectivity index (χ2v) is 6.79. The minimum absolute atomic E-state index is 0.280. The maximum absolute atomic E-state index is 12.7. The molecule has 0 aliphatic carbocycles. The predicted molar refractivity (Wildman–Crippen MR) is 92.6 cm³/mol. The van der Waals surface area contributed by atoms with Crippen LogP contribution in [0.5, 0.6) is 5.75 Å². The summed E-state index contributed by atoms with van der Waals surface area (Å²) >= 11 is 5.74. The summed E-state index contributed by atoms with van der Waals surface area (Å²) in [7, 11) is -3.87. The van der Waals surface area contributed by atoms with Crippen molar-refractivity contribution in [3.05, 3.63) is 70.3 Å².